The molecule has 8 nitrogen and oxygen atoms in total. The number of fused-ring (bicyclic) bond motifs is 1. The van der Waals surface area contributed by atoms with Crippen LogP contribution in [0, 0.1) is 6.92 Å². The van der Waals surface area contributed by atoms with Crippen LogP contribution in [0.5, 0.6) is 23.3 Å². The Labute approximate surface area is 230 Å². The molecule has 8 heteroatoms. The van der Waals surface area contributed by atoms with Crippen LogP contribution in [0.2, 0.25) is 0 Å². The van der Waals surface area contributed by atoms with Crippen LogP contribution in [0.25, 0.3) is 22.2 Å². The van der Waals surface area contributed by atoms with E-state index in [0.717, 1.165) is 17.0 Å². The van der Waals surface area contributed by atoms with Crippen LogP contribution in [0.3, 0.4) is 0 Å². The van der Waals surface area contributed by atoms with E-state index < -0.39 is 5.97 Å². The molecule has 0 amide bonds. The molecule has 4 aromatic carbocycles. The zero-order chi connectivity index (χ0) is 27.5. The van der Waals surface area contributed by atoms with Gasteiger partial charge in [0.15, 0.2) is 5.52 Å². The third kappa shape index (κ3) is 4.98. The highest BCUT2D eigenvalue weighted by Gasteiger charge is 2.21. The molecule has 0 spiro atoms. The highest BCUT2D eigenvalue weighted by molar-refractivity contribution is 5.96. The highest BCUT2D eigenvalue weighted by atomic mass is 16.5. The Morgan fingerprint density at radius 1 is 0.750 bits per heavy atom. The minimum atomic E-state index is -0.958. The van der Waals surface area contributed by atoms with Gasteiger partial charge in [0, 0.05) is 6.54 Å². The van der Waals surface area contributed by atoms with Crippen molar-refractivity contribution in [2.24, 2.45) is 0 Å². The molecule has 0 saturated heterocycles. The number of hydrogen-bond acceptors (Lipinski definition) is 6. The van der Waals surface area contributed by atoms with Crippen LogP contribution in [-0.2, 0) is 6.54 Å². The number of ether oxygens (including phenoxy) is 2. The third-order valence-corrected chi connectivity index (χ3v) is 6.47. The summed E-state index contributed by atoms with van der Waals surface area (Å²) in [5.41, 5.74) is 3.94. The SMILES string of the molecule is Cc1nc2c(Oc3ccccc3)nnc(Oc3ccccc3)c2n1Cc1ccc(-c2ccccc2C(=O)O)cc1. The average molecular weight is 529 g/mol. The maximum Gasteiger partial charge on any atom is 0.336 e. The molecule has 0 aliphatic carbocycles. The molecule has 6 rings (SSSR count). The summed E-state index contributed by atoms with van der Waals surface area (Å²) >= 11 is 0. The fourth-order valence-electron chi connectivity index (χ4n) is 4.54. The molecule has 0 radical (unpaired) electrons. The zero-order valence-corrected chi connectivity index (χ0v) is 21.6. The molecule has 0 atom stereocenters. The monoisotopic (exact) mass is 528 g/mol. The third-order valence-electron chi connectivity index (χ3n) is 6.47. The van der Waals surface area contributed by atoms with Gasteiger partial charge in [-0.15, -0.1) is 10.2 Å². The Balaban J connectivity index is 1.40. The van der Waals surface area contributed by atoms with Gasteiger partial charge in [-0.05, 0) is 53.9 Å². The second-order valence-electron chi connectivity index (χ2n) is 9.13. The topological polar surface area (TPSA) is 99.4 Å². The minimum Gasteiger partial charge on any atom is -0.478 e. The van der Waals surface area contributed by atoms with E-state index in [4.69, 9.17) is 14.5 Å². The van der Waals surface area contributed by atoms with Crippen molar-refractivity contribution in [3.05, 3.63) is 126 Å². The van der Waals surface area contributed by atoms with Gasteiger partial charge in [-0.25, -0.2) is 9.78 Å². The molecular weight excluding hydrogens is 504 g/mol. The predicted molar refractivity (Wildman–Crippen MR) is 151 cm³/mol. The largest absolute Gasteiger partial charge is 0.478 e. The molecule has 196 valence electrons. The number of aromatic nitrogens is 4. The summed E-state index contributed by atoms with van der Waals surface area (Å²) in [6.07, 6.45) is 0. The van der Waals surface area contributed by atoms with Crippen LogP contribution in [0.4, 0.5) is 0 Å². The minimum absolute atomic E-state index is 0.263. The second-order valence-corrected chi connectivity index (χ2v) is 9.13. The van der Waals surface area contributed by atoms with E-state index >= 15 is 0 Å². The summed E-state index contributed by atoms with van der Waals surface area (Å²) < 4.78 is 14.2. The number of aromatic carboxylic acids is 1. The Hall–Kier alpha value is -5.50. The zero-order valence-electron chi connectivity index (χ0n) is 21.6. The van der Waals surface area contributed by atoms with Crippen molar-refractivity contribution in [1.82, 2.24) is 19.7 Å². The van der Waals surface area contributed by atoms with E-state index in [0.29, 0.717) is 40.5 Å². The maximum atomic E-state index is 11.7. The first-order valence-electron chi connectivity index (χ1n) is 12.7. The molecule has 0 fully saturated rings. The smallest absolute Gasteiger partial charge is 0.336 e. The first kappa shape index (κ1) is 24.8. The van der Waals surface area contributed by atoms with Crippen molar-refractivity contribution in [2.75, 3.05) is 0 Å². The molecule has 0 aliphatic heterocycles. The lowest BCUT2D eigenvalue weighted by molar-refractivity contribution is 0.0697. The van der Waals surface area contributed by atoms with Crippen LogP contribution in [-0.4, -0.2) is 30.8 Å². The summed E-state index contributed by atoms with van der Waals surface area (Å²) in [7, 11) is 0. The number of benzene rings is 4. The molecule has 2 heterocycles. The Kier molecular flexibility index (Phi) is 6.64. The Morgan fingerprint density at radius 3 is 1.98 bits per heavy atom. The standard InChI is InChI=1S/C32H24N4O4/c1-21-33-28-29(36(21)20-22-16-18-23(19-17-22)26-14-8-9-15-27(26)32(37)38)31(40-25-12-6-3-7-13-25)35-34-30(28)39-24-10-4-2-5-11-24/h2-19H,20H2,1H3,(H,37,38). The number of carboxylic acid groups (broad SMARTS) is 1. The van der Waals surface area contributed by atoms with Crippen molar-refractivity contribution >= 4 is 17.0 Å². The van der Waals surface area contributed by atoms with Gasteiger partial charge in [0.25, 0.3) is 11.8 Å². The quantitative estimate of drug-likeness (QED) is 0.224. The van der Waals surface area contributed by atoms with Gasteiger partial charge in [0.1, 0.15) is 22.8 Å². The van der Waals surface area contributed by atoms with Crippen molar-refractivity contribution in [3.63, 3.8) is 0 Å². The molecule has 0 bridgehead atoms. The van der Waals surface area contributed by atoms with Crippen molar-refractivity contribution < 1.29 is 19.4 Å². The Morgan fingerprint density at radius 2 is 1.32 bits per heavy atom. The first-order chi connectivity index (χ1) is 19.6. The molecule has 1 N–H and O–H groups in total. The number of imidazole rings is 1. The number of carboxylic acids is 1. The maximum absolute atomic E-state index is 11.7. The molecule has 0 saturated carbocycles. The van der Waals surface area contributed by atoms with E-state index in [1.165, 1.54) is 0 Å². The number of rotatable bonds is 8. The molecule has 40 heavy (non-hydrogen) atoms. The van der Waals surface area contributed by atoms with E-state index in [9.17, 15) is 9.90 Å². The lowest BCUT2D eigenvalue weighted by Crippen LogP contribution is -2.05. The van der Waals surface area contributed by atoms with Gasteiger partial charge in [0.05, 0.1) is 5.56 Å². The van der Waals surface area contributed by atoms with Crippen LogP contribution in [0.1, 0.15) is 21.7 Å². The highest BCUT2D eigenvalue weighted by Crippen LogP contribution is 2.35. The van der Waals surface area contributed by atoms with Crippen molar-refractivity contribution in [3.8, 4) is 34.4 Å². The Bertz CT molecular complexity index is 1800. The van der Waals surface area contributed by atoms with E-state index in [-0.39, 0.29) is 11.4 Å². The number of nitrogens with zero attached hydrogens (tertiary/aromatic N) is 4. The predicted octanol–water partition coefficient (Wildman–Crippen LogP) is 7.13. The summed E-state index contributed by atoms with van der Waals surface area (Å²) in [6.45, 7) is 2.39. The van der Waals surface area contributed by atoms with Gasteiger partial charge in [-0.1, -0.05) is 78.9 Å². The molecule has 2 aromatic heterocycles. The summed E-state index contributed by atoms with van der Waals surface area (Å²) in [6, 6.07) is 33.5. The summed E-state index contributed by atoms with van der Waals surface area (Å²) in [4.78, 5) is 16.5. The lowest BCUT2D eigenvalue weighted by atomic mass is 9.99. The van der Waals surface area contributed by atoms with E-state index in [2.05, 4.69) is 10.2 Å². The van der Waals surface area contributed by atoms with E-state index in [1.54, 1.807) is 12.1 Å². The number of hydrogen-bond donors (Lipinski definition) is 1. The first-order valence-corrected chi connectivity index (χ1v) is 12.7. The van der Waals surface area contributed by atoms with E-state index in [1.807, 2.05) is 109 Å². The van der Waals surface area contributed by atoms with Gasteiger partial charge >= 0.3 is 5.97 Å². The lowest BCUT2D eigenvalue weighted by Gasteiger charge is -2.12. The fraction of sp³-hybridized carbons (Fsp3) is 0.0625. The molecule has 0 aliphatic rings. The van der Waals surface area contributed by atoms with Gasteiger partial charge in [-0.3, -0.25) is 0 Å². The van der Waals surface area contributed by atoms with Gasteiger partial charge in [0.2, 0.25) is 0 Å². The van der Waals surface area contributed by atoms with Gasteiger partial charge < -0.3 is 19.1 Å². The molecular formula is C32H24N4O4. The summed E-state index contributed by atoms with van der Waals surface area (Å²) in [5.74, 6) is 1.63. The van der Waals surface area contributed by atoms with Crippen LogP contribution >= 0.6 is 0 Å². The molecule has 0 unspecified atom stereocenters. The van der Waals surface area contributed by atoms with Crippen molar-refractivity contribution in [1.29, 1.82) is 0 Å². The number of aryl methyl sites for hydroxylation is 1. The number of para-hydroxylation sites is 2. The van der Waals surface area contributed by atoms with Crippen LogP contribution in [0.15, 0.2) is 109 Å². The normalized spacial score (nSPS) is 10.9. The van der Waals surface area contributed by atoms with Crippen LogP contribution < -0.4 is 9.47 Å². The van der Waals surface area contributed by atoms with Gasteiger partial charge in [-0.2, -0.15) is 0 Å². The fourth-order valence-corrected chi connectivity index (χ4v) is 4.54. The second kappa shape index (κ2) is 10.7. The molecule has 6 aromatic rings. The van der Waals surface area contributed by atoms with Crippen molar-refractivity contribution in [2.45, 2.75) is 13.5 Å². The number of carbonyl (C=O) groups is 1. The summed E-state index contributed by atoms with van der Waals surface area (Å²) in [5, 5.41) is 18.3. The average Bonchev–Trinajstić information content (AvgIpc) is 3.32.